The standard InChI is InChI=1S/C15H32N2/c1-6-15(7-2)8-10-17(11-9-15)14(4)12-13(3)16-5/h13-14,16H,6-12H2,1-5H3. The van der Waals surface area contributed by atoms with Crippen LogP contribution in [-0.4, -0.2) is 37.1 Å². The van der Waals surface area contributed by atoms with E-state index in [0.29, 0.717) is 11.5 Å². The second kappa shape index (κ2) is 6.75. The third kappa shape index (κ3) is 3.96. The first-order valence-corrected chi connectivity index (χ1v) is 7.48. The molecule has 0 aromatic heterocycles. The molecule has 2 atom stereocenters. The second-order valence-corrected chi connectivity index (χ2v) is 6.02. The molecule has 1 heterocycles. The zero-order chi connectivity index (χ0) is 12.9. The van der Waals surface area contributed by atoms with E-state index in [1.807, 2.05) is 0 Å². The minimum Gasteiger partial charge on any atom is -0.317 e. The van der Waals surface area contributed by atoms with Crippen molar-refractivity contribution in [3.8, 4) is 0 Å². The average molecular weight is 240 g/mol. The van der Waals surface area contributed by atoms with Crippen molar-refractivity contribution in [2.24, 2.45) is 5.41 Å². The lowest BCUT2D eigenvalue weighted by Crippen LogP contribution is -2.45. The molecule has 1 saturated heterocycles. The van der Waals surface area contributed by atoms with Crippen molar-refractivity contribution in [3.05, 3.63) is 0 Å². The van der Waals surface area contributed by atoms with Crippen molar-refractivity contribution in [3.63, 3.8) is 0 Å². The Kier molecular flexibility index (Phi) is 5.94. The Morgan fingerprint density at radius 2 is 1.65 bits per heavy atom. The summed E-state index contributed by atoms with van der Waals surface area (Å²) in [6.07, 6.45) is 6.79. The van der Waals surface area contributed by atoms with Gasteiger partial charge < -0.3 is 10.2 Å². The lowest BCUT2D eigenvalue weighted by Gasteiger charge is -2.43. The number of piperidine rings is 1. The molecule has 2 heteroatoms. The molecule has 102 valence electrons. The van der Waals surface area contributed by atoms with Gasteiger partial charge in [0.25, 0.3) is 0 Å². The minimum absolute atomic E-state index is 0.633. The molecular weight excluding hydrogens is 208 g/mol. The van der Waals surface area contributed by atoms with Crippen LogP contribution in [0.25, 0.3) is 0 Å². The summed E-state index contributed by atoms with van der Waals surface area (Å²) in [4.78, 5) is 2.69. The van der Waals surface area contributed by atoms with E-state index in [2.05, 4.69) is 45.0 Å². The van der Waals surface area contributed by atoms with Gasteiger partial charge in [-0.3, -0.25) is 0 Å². The molecule has 0 radical (unpaired) electrons. The number of hydrogen-bond acceptors (Lipinski definition) is 2. The van der Waals surface area contributed by atoms with Gasteiger partial charge in [-0.2, -0.15) is 0 Å². The maximum atomic E-state index is 3.35. The molecule has 0 aromatic carbocycles. The quantitative estimate of drug-likeness (QED) is 0.766. The van der Waals surface area contributed by atoms with Crippen molar-refractivity contribution in [1.82, 2.24) is 10.2 Å². The average Bonchev–Trinajstić information content (AvgIpc) is 2.38. The van der Waals surface area contributed by atoms with Gasteiger partial charge in [0.15, 0.2) is 0 Å². The fourth-order valence-corrected chi connectivity index (χ4v) is 3.17. The van der Waals surface area contributed by atoms with Gasteiger partial charge >= 0.3 is 0 Å². The molecule has 0 aliphatic carbocycles. The topological polar surface area (TPSA) is 15.3 Å². The van der Waals surface area contributed by atoms with Crippen LogP contribution in [0.15, 0.2) is 0 Å². The zero-order valence-electron chi connectivity index (χ0n) is 12.6. The Hall–Kier alpha value is -0.0800. The molecule has 0 spiro atoms. The molecule has 0 aromatic rings. The highest BCUT2D eigenvalue weighted by molar-refractivity contribution is 4.86. The predicted molar refractivity (Wildman–Crippen MR) is 76.4 cm³/mol. The number of rotatable bonds is 6. The van der Waals surface area contributed by atoms with E-state index in [0.717, 1.165) is 6.04 Å². The van der Waals surface area contributed by atoms with E-state index in [4.69, 9.17) is 0 Å². The van der Waals surface area contributed by atoms with E-state index in [9.17, 15) is 0 Å². The maximum absolute atomic E-state index is 3.35. The van der Waals surface area contributed by atoms with Crippen LogP contribution >= 0.6 is 0 Å². The molecule has 0 bridgehead atoms. The third-order valence-electron chi connectivity index (χ3n) is 5.17. The highest BCUT2D eigenvalue weighted by atomic mass is 15.2. The second-order valence-electron chi connectivity index (χ2n) is 6.02. The van der Waals surface area contributed by atoms with Crippen LogP contribution in [0.5, 0.6) is 0 Å². The molecule has 2 nitrogen and oxygen atoms in total. The molecular formula is C15H32N2. The van der Waals surface area contributed by atoms with Gasteiger partial charge in [-0.15, -0.1) is 0 Å². The van der Waals surface area contributed by atoms with Crippen LogP contribution in [-0.2, 0) is 0 Å². The van der Waals surface area contributed by atoms with Gasteiger partial charge in [0, 0.05) is 12.1 Å². The summed E-state index contributed by atoms with van der Waals surface area (Å²) < 4.78 is 0. The van der Waals surface area contributed by atoms with Crippen LogP contribution in [0, 0.1) is 5.41 Å². The maximum Gasteiger partial charge on any atom is 0.00816 e. The fraction of sp³-hybridized carbons (Fsp3) is 1.00. The van der Waals surface area contributed by atoms with Crippen molar-refractivity contribution in [2.45, 2.75) is 71.9 Å². The number of likely N-dealkylation sites (tertiary alicyclic amines) is 1. The van der Waals surface area contributed by atoms with Crippen molar-refractivity contribution < 1.29 is 0 Å². The van der Waals surface area contributed by atoms with Crippen LogP contribution in [0.4, 0.5) is 0 Å². The molecule has 1 aliphatic rings. The summed E-state index contributed by atoms with van der Waals surface area (Å²) in [6.45, 7) is 12.0. The molecule has 1 N–H and O–H groups in total. The minimum atomic E-state index is 0.633. The monoisotopic (exact) mass is 240 g/mol. The summed E-state index contributed by atoms with van der Waals surface area (Å²) in [5.41, 5.74) is 0.658. The fourth-order valence-electron chi connectivity index (χ4n) is 3.17. The van der Waals surface area contributed by atoms with Crippen LogP contribution in [0.1, 0.15) is 59.8 Å². The van der Waals surface area contributed by atoms with Gasteiger partial charge in [0.1, 0.15) is 0 Å². The Bertz CT molecular complexity index is 201. The number of nitrogens with one attached hydrogen (secondary N) is 1. The SMILES string of the molecule is CCC1(CC)CCN(C(C)CC(C)NC)CC1. The molecule has 0 amide bonds. The zero-order valence-corrected chi connectivity index (χ0v) is 12.6. The van der Waals surface area contributed by atoms with Crippen molar-refractivity contribution in [2.75, 3.05) is 20.1 Å². The first-order chi connectivity index (χ1) is 8.06. The highest BCUT2D eigenvalue weighted by Crippen LogP contribution is 2.38. The number of nitrogens with zero attached hydrogens (tertiary/aromatic N) is 1. The van der Waals surface area contributed by atoms with Gasteiger partial charge in [0.05, 0.1) is 0 Å². The van der Waals surface area contributed by atoms with Crippen LogP contribution in [0.2, 0.25) is 0 Å². The summed E-state index contributed by atoms with van der Waals surface area (Å²) in [6, 6.07) is 1.36. The third-order valence-corrected chi connectivity index (χ3v) is 5.17. The largest absolute Gasteiger partial charge is 0.317 e. The highest BCUT2D eigenvalue weighted by Gasteiger charge is 2.32. The van der Waals surface area contributed by atoms with E-state index in [-0.39, 0.29) is 0 Å². The summed E-state index contributed by atoms with van der Waals surface area (Å²) in [5.74, 6) is 0. The Labute approximate surface area is 108 Å². The van der Waals surface area contributed by atoms with Gasteiger partial charge in [0.2, 0.25) is 0 Å². The summed E-state index contributed by atoms with van der Waals surface area (Å²) in [5, 5.41) is 3.35. The Balaban J connectivity index is 2.40. The van der Waals surface area contributed by atoms with E-state index in [1.165, 1.54) is 45.2 Å². The first-order valence-electron chi connectivity index (χ1n) is 7.48. The van der Waals surface area contributed by atoms with Gasteiger partial charge in [-0.05, 0) is 58.7 Å². The van der Waals surface area contributed by atoms with Gasteiger partial charge in [-0.25, -0.2) is 0 Å². The van der Waals surface area contributed by atoms with E-state index < -0.39 is 0 Å². The smallest absolute Gasteiger partial charge is 0.00816 e. The van der Waals surface area contributed by atoms with Gasteiger partial charge in [-0.1, -0.05) is 26.7 Å². The molecule has 0 saturated carbocycles. The van der Waals surface area contributed by atoms with Crippen molar-refractivity contribution in [1.29, 1.82) is 0 Å². The molecule has 1 aliphatic heterocycles. The molecule has 1 rings (SSSR count). The lowest BCUT2D eigenvalue weighted by molar-refractivity contribution is 0.0661. The normalized spacial score (nSPS) is 24.5. The Morgan fingerprint density at radius 1 is 1.12 bits per heavy atom. The van der Waals surface area contributed by atoms with E-state index in [1.54, 1.807) is 0 Å². The van der Waals surface area contributed by atoms with Crippen LogP contribution < -0.4 is 5.32 Å². The lowest BCUT2D eigenvalue weighted by atomic mass is 9.74. The molecule has 17 heavy (non-hydrogen) atoms. The first kappa shape index (κ1) is 15.0. The predicted octanol–water partition coefficient (Wildman–Crippen LogP) is 3.28. The molecule has 1 fully saturated rings. The van der Waals surface area contributed by atoms with Crippen molar-refractivity contribution >= 4 is 0 Å². The summed E-state index contributed by atoms with van der Waals surface area (Å²) in [7, 11) is 2.06. The van der Waals surface area contributed by atoms with Crippen LogP contribution in [0.3, 0.4) is 0 Å². The summed E-state index contributed by atoms with van der Waals surface area (Å²) >= 11 is 0. The Morgan fingerprint density at radius 3 is 2.06 bits per heavy atom. The number of hydrogen-bond donors (Lipinski definition) is 1. The molecule has 2 unspecified atom stereocenters. The van der Waals surface area contributed by atoms with E-state index >= 15 is 0 Å².